The Morgan fingerprint density at radius 1 is 1.26 bits per heavy atom. The zero-order valence-corrected chi connectivity index (χ0v) is 22.0. The number of halogens is 3. The van der Waals surface area contributed by atoms with Crippen molar-refractivity contribution in [1.29, 1.82) is 0 Å². The van der Waals surface area contributed by atoms with E-state index in [4.69, 9.17) is 16.3 Å². The third-order valence-corrected chi connectivity index (χ3v) is 5.99. The number of aliphatic imine (C=N–C) groups is 1. The number of allylic oxidation sites excluding steroid dienone is 2. The zero-order chi connectivity index (χ0) is 28.0. The number of hydrogen-bond acceptors (Lipinski definition) is 6. The number of nitrogens with zero attached hydrogens (tertiary/aromatic N) is 4. The van der Waals surface area contributed by atoms with Crippen molar-refractivity contribution >= 4 is 23.6 Å². The first kappa shape index (κ1) is 28.7. The van der Waals surface area contributed by atoms with Gasteiger partial charge in [0, 0.05) is 47.4 Å². The molecule has 3 rings (SSSR count). The summed E-state index contributed by atoms with van der Waals surface area (Å²) in [7, 11) is 0. The van der Waals surface area contributed by atoms with Crippen molar-refractivity contribution in [2.24, 2.45) is 4.99 Å². The normalized spacial score (nSPS) is 12.6. The number of rotatable bonds is 8. The number of aliphatic hydroxyl groups is 1. The van der Waals surface area contributed by atoms with Gasteiger partial charge in [-0.05, 0) is 26.0 Å². The van der Waals surface area contributed by atoms with Gasteiger partial charge in [-0.25, -0.2) is 13.8 Å². The molecule has 0 amide bonds. The van der Waals surface area contributed by atoms with E-state index in [1.807, 2.05) is 0 Å². The average molecular weight is 545 g/mol. The van der Waals surface area contributed by atoms with Gasteiger partial charge in [0.2, 0.25) is 0 Å². The highest BCUT2D eigenvalue weighted by atomic mass is 35.5. The van der Waals surface area contributed by atoms with Crippen LogP contribution in [0.25, 0.3) is 6.20 Å². The molecule has 0 aromatic carbocycles. The summed E-state index contributed by atoms with van der Waals surface area (Å²) >= 11 is 6.24. The van der Waals surface area contributed by atoms with Crippen LogP contribution < -0.4 is 15.9 Å². The summed E-state index contributed by atoms with van der Waals surface area (Å²) in [4.78, 5) is 34.2. The molecule has 0 spiro atoms. The molecule has 0 saturated carbocycles. The molecule has 38 heavy (non-hydrogen) atoms. The third-order valence-electron chi connectivity index (χ3n) is 5.64. The lowest BCUT2D eigenvalue weighted by Crippen LogP contribution is -2.36. The SMILES string of the molecule is C/C=C/N=C(/C=C/n1c(C)cc(OCc2ncc(F)cc2F)c(Cl)c1=O)n1cccc(C(C)(C)CO)c1=O. The van der Waals surface area contributed by atoms with E-state index in [-0.39, 0.29) is 41.1 Å². The Bertz CT molecular complexity index is 1540. The third kappa shape index (κ3) is 6.32. The van der Waals surface area contributed by atoms with E-state index in [0.717, 1.165) is 6.20 Å². The second kappa shape index (κ2) is 12.1. The molecule has 3 heterocycles. The summed E-state index contributed by atoms with van der Waals surface area (Å²) < 4.78 is 35.0. The molecule has 0 bridgehead atoms. The predicted octanol–water partition coefficient (Wildman–Crippen LogP) is 4.45. The quantitative estimate of drug-likeness (QED) is 0.334. The molecule has 0 fully saturated rings. The van der Waals surface area contributed by atoms with Gasteiger partial charge in [0.1, 0.15) is 34.7 Å². The summed E-state index contributed by atoms with van der Waals surface area (Å²) in [5.74, 6) is -1.49. The Kier molecular flexibility index (Phi) is 9.13. The van der Waals surface area contributed by atoms with E-state index in [1.165, 1.54) is 39.9 Å². The summed E-state index contributed by atoms with van der Waals surface area (Å²) in [5, 5.41) is 9.47. The molecule has 0 unspecified atom stereocenters. The fourth-order valence-electron chi connectivity index (χ4n) is 3.43. The fourth-order valence-corrected chi connectivity index (χ4v) is 3.63. The second-order valence-electron chi connectivity index (χ2n) is 8.93. The fraction of sp³-hybridized carbons (Fsp3) is 0.259. The summed E-state index contributed by atoms with van der Waals surface area (Å²) in [6.07, 6.45) is 8.45. The van der Waals surface area contributed by atoms with Crippen LogP contribution in [0.15, 0.2) is 69.6 Å². The van der Waals surface area contributed by atoms with Crippen molar-refractivity contribution in [1.82, 2.24) is 14.1 Å². The molecular weight excluding hydrogens is 518 g/mol. The molecule has 8 nitrogen and oxygen atoms in total. The maximum Gasteiger partial charge on any atom is 0.277 e. The van der Waals surface area contributed by atoms with E-state index in [9.17, 15) is 23.5 Å². The first-order valence-electron chi connectivity index (χ1n) is 11.5. The van der Waals surface area contributed by atoms with Gasteiger partial charge in [-0.2, -0.15) is 0 Å². The Hall–Kier alpha value is -3.89. The van der Waals surface area contributed by atoms with E-state index in [2.05, 4.69) is 9.98 Å². The highest BCUT2D eigenvalue weighted by molar-refractivity contribution is 6.31. The smallest absolute Gasteiger partial charge is 0.277 e. The largest absolute Gasteiger partial charge is 0.485 e. The Balaban J connectivity index is 1.98. The van der Waals surface area contributed by atoms with Crippen LogP contribution in [0.2, 0.25) is 5.02 Å². The topological polar surface area (TPSA) is 98.7 Å². The molecule has 0 aliphatic carbocycles. The van der Waals surface area contributed by atoms with Crippen LogP contribution in [-0.2, 0) is 12.0 Å². The van der Waals surface area contributed by atoms with Crippen LogP contribution in [0, 0.1) is 18.6 Å². The second-order valence-corrected chi connectivity index (χ2v) is 9.31. The maximum absolute atomic E-state index is 13.9. The molecular formula is C27H27ClF2N4O4. The number of hydrogen-bond donors (Lipinski definition) is 1. The Labute approximate surface area is 222 Å². The summed E-state index contributed by atoms with van der Waals surface area (Å²) in [5.41, 5.74) is -1.10. The van der Waals surface area contributed by atoms with E-state index < -0.39 is 22.6 Å². The van der Waals surface area contributed by atoms with E-state index in [0.29, 0.717) is 17.3 Å². The highest BCUT2D eigenvalue weighted by Crippen LogP contribution is 2.23. The first-order valence-corrected chi connectivity index (χ1v) is 11.9. The molecule has 11 heteroatoms. The van der Waals surface area contributed by atoms with Crippen molar-refractivity contribution < 1.29 is 18.6 Å². The van der Waals surface area contributed by atoms with Gasteiger partial charge in [-0.3, -0.25) is 23.7 Å². The molecule has 0 radical (unpaired) electrons. The molecule has 0 saturated heterocycles. The number of aromatic nitrogens is 3. The lowest BCUT2D eigenvalue weighted by atomic mass is 9.86. The molecule has 0 aliphatic heterocycles. The van der Waals surface area contributed by atoms with Crippen LogP contribution in [0.3, 0.4) is 0 Å². The van der Waals surface area contributed by atoms with Crippen molar-refractivity contribution in [3.05, 3.63) is 109 Å². The maximum atomic E-state index is 13.9. The van der Waals surface area contributed by atoms with Crippen LogP contribution in [-0.4, -0.2) is 31.7 Å². The minimum Gasteiger partial charge on any atom is -0.485 e. The van der Waals surface area contributed by atoms with Gasteiger partial charge in [0.25, 0.3) is 11.1 Å². The van der Waals surface area contributed by atoms with Gasteiger partial charge in [0.05, 0.1) is 12.8 Å². The summed E-state index contributed by atoms with van der Waals surface area (Å²) in [6, 6.07) is 5.48. The van der Waals surface area contributed by atoms with Crippen molar-refractivity contribution in [3.63, 3.8) is 0 Å². The minimum atomic E-state index is -0.885. The molecule has 3 aromatic rings. The van der Waals surface area contributed by atoms with Gasteiger partial charge in [-0.15, -0.1) is 0 Å². The Morgan fingerprint density at radius 2 is 2.00 bits per heavy atom. The number of pyridine rings is 3. The van der Waals surface area contributed by atoms with E-state index in [1.54, 1.807) is 45.9 Å². The highest BCUT2D eigenvalue weighted by Gasteiger charge is 2.24. The van der Waals surface area contributed by atoms with Crippen molar-refractivity contribution in [2.45, 2.75) is 39.7 Å². The van der Waals surface area contributed by atoms with Crippen LogP contribution >= 0.6 is 11.6 Å². The van der Waals surface area contributed by atoms with Gasteiger partial charge >= 0.3 is 0 Å². The van der Waals surface area contributed by atoms with Crippen LogP contribution in [0.1, 0.15) is 37.7 Å². The minimum absolute atomic E-state index is 0.00213. The number of aryl methyl sites for hydroxylation is 1. The molecule has 0 aliphatic rings. The van der Waals surface area contributed by atoms with Gasteiger partial charge in [0.15, 0.2) is 5.82 Å². The lowest BCUT2D eigenvalue weighted by Gasteiger charge is -2.22. The first-order chi connectivity index (χ1) is 18.0. The Morgan fingerprint density at radius 3 is 2.66 bits per heavy atom. The van der Waals surface area contributed by atoms with Gasteiger partial charge < -0.3 is 9.84 Å². The average Bonchev–Trinajstić information content (AvgIpc) is 2.88. The zero-order valence-electron chi connectivity index (χ0n) is 21.3. The van der Waals surface area contributed by atoms with Gasteiger partial charge in [-0.1, -0.05) is 37.6 Å². The van der Waals surface area contributed by atoms with Crippen molar-refractivity contribution in [3.8, 4) is 5.75 Å². The van der Waals surface area contributed by atoms with Crippen molar-refractivity contribution in [2.75, 3.05) is 6.61 Å². The monoisotopic (exact) mass is 544 g/mol. The molecule has 200 valence electrons. The van der Waals surface area contributed by atoms with Crippen LogP contribution in [0.5, 0.6) is 5.75 Å². The summed E-state index contributed by atoms with van der Waals surface area (Å²) in [6.45, 7) is 6.30. The molecule has 3 aromatic heterocycles. The predicted molar refractivity (Wildman–Crippen MR) is 143 cm³/mol. The molecule has 1 N–H and O–H groups in total. The van der Waals surface area contributed by atoms with Crippen LogP contribution in [0.4, 0.5) is 8.78 Å². The standard InChI is InChI=1S/C27H27ClF2N4O4/c1-5-9-31-23(34-10-6-7-19(25(34)36)27(3,4)16-35)8-11-33-17(2)12-22(24(28)26(33)37)38-15-21-20(30)13-18(29)14-32-21/h5-14,35H,15-16H2,1-4H3/b9-5+,11-8+,31-23-. The number of ether oxygens (including phenoxy) is 1. The lowest BCUT2D eigenvalue weighted by molar-refractivity contribution is 0.217. The van der Waals surface area contributed by atoms with E-state index >= 15 is 0 Å². The molecule has 0 atom stereocenters. The number of aliphatic hydroxyl groups excluding tert-OH is 1.